The standard InChI is InChI=1S/C20H18BrF3N4O4S/c1-31-19-17(28-7-14(26-27-28)9-2-12(22)16(24)13(23)3-9)18(30)15(8-29)32-20(19)33-11-4-10(21)5-25-6-11/h2-7,15,17-20,29-30H,8H2,1H3/t15?,17-,18-,19?,20+/m0/s1. The van der Waals surface area contributed by atoms with Gasteiger partial charge in [-0.2, -0.15) is 0 Å². The molecule has 2 unspecified atom stereocenters. The Hall–Kier alpha value is -2.03. The highest BCUT2D eigenvalue weighted by atomic mass is 79.9. The summed E-state index contributed by atoms with van der Waals surface area (Å²) in [6.45, 7) is -0.474. The molecule has 0 amide bonds. The summed E-state index contributed by atoms with van der Waals surface area (Å²) in [5, 5.41) is 28.5. The Kier molecular flexibility index (Phi) is 7.36. The quantitative estimate of drug-likeness (QED) is 0.455. The zero-order valence-corrected chi connectivity index (χ0v) is 19.4. The molecule has 2 N–H and O–H groups in total. The molecule has 8 nitrogen and oxygen atoms in total. The van der Waals surface area contributed by atoms with E-state index in [1.807, 2.05) is 6.07 Å². The summed E-state index contributed by atoms with van der Waals surface area (Å²) in [7, 11) is 1.43. The van der Waals surface area contributed by atoms with Crippen LogP contribution in [-0.4, -0.2) is 67.7 Å². The first-order valence-corrected chi connectivity index (χ1v) is 11.3. The van der Waals surface area contributed by atoms with Crippen LogP contribution in [0.5, 0.6) is 0 Å². The van der Waals surface area contributed by atoms with E-state index in [1.165, 1.54) is 29.8 Å². The topological polar surface area (TPSA) is 103 Å². The Morgan fingerprint density at radius 1 is 1.21 bits per heavy atom. The molecule has 5 atom stereocenters. The molecule has 0 radical (unpaired) electrons. The average Bonchev–Trinajstić information content (AvgIpc) is 3.27. The molecular formula is C20H18BrF3N4O4S. The molecule has 33 heavy (non-hydrogen) atoms. The summed E-state index contributed by atoms with van der Waals surface area (Å²) in [4.78, 5) is 4.86. The van der Waals surface area contributed by atoms with E-state index in [4.69, 9.17) is 9.47 Å². The number of rotatable bonds is 6. The van der Waals surface area contributed by atoms with E-state index in [2.05, 4.69) is 31.2 Å². The predicted molar refractivity (Wildman–Crippen MR) is 115 cm³/mol. The second-order valence-corrected chi connectivity index (χ2v) is 9.29. The monoisotopic (exact) mass is 546 g/mol. The SMILES string of the molecule is COC1[C@@H](Sc2cncc(Br)c2)OC(CO)[C@H](O)[C@@H]1n1cc(-c2cc(F)c(F)c(F)c2)nn1. The number of pyridine rings is 1. The minimum absolute atomic E-state index is 0.0296. The molecule has 0 saturated carbocycles. The summed E-state index contributed by atoms with van der Waals surface area (Å²) >= 11 is 4.63. The smallest absolute Gasteiger partial charge is 0.194 e. The molecule has 1 aliphatic rings. The van der Waals surface area contributed by atoms with Crippen LogP contribution in [0.4, 0.5) is 13.2 Å². The van der Waals surface area contributed by atoms with Gasteiger partial charge in [-0.05, 0) is 34.1 Å². The number of halogens is 4. The number of ether oxygens (including phenoxy) is 2. The Morgan fingerprint density at radius 2 is 1.94 bits per heavy atom. The van der Waals surface area contributed by atoms with Gasteiger partial charge in [-0.15, -0.1) is 5.10 Å². The van der Waals surface area contributed by atoms with Gasteiger partial charge in [0, 0.05) is 34.4 Å². The van der Waals surface area contributed by atoms with E-state index in [0.29, 0.717) is 0 Å². The van der Waals surface area contributed by atoms with E-state index in [1.54, 1.807) is 12.4 Å². The zero-order valence-electron chi connectivity index (χ0n) is 17.0. The first kappa shape index (κ1) is 24.1. The predicted octanol–water partition coefficient (Wildman–Crippen LogP) is 2.95. The highest BCUT2D eigenvalue weighted by Gasteiger charge is 2.47. The van der Waals surface area contributed by atoms with Gasteiger partial charge in [-0.3, -0.25) is 4.98 Å². The molecule has 1 saturated heterocycles. The number of aliphatic hydroxyl groups is 2. The maximum atomic E-state index is 13.7. The van der Waals surface area contributed by atoms with Crippen molar-refractivity contribution in [1.82, 2.24) is 20.0 Å². The Balaban J connectivity index is 1.67. The molecule has 0 spiro atoms. The van der Waals surface area contributed by atoms with Gasteiger partial charge in [-0.25, -0.2) is 17.9 Å². The van der Waals surface area contributed by atoms with Gasteiger partial charge < -0.3 is 19.7 Å². The van der Waals surface area contributed by atoms with E-state index < -0.39 is 53.8 Å². The van der Waals surface area contributed by atoms with Crippen LogP contribution in [0, 0.1) is 17.5 Å². The molecule has 4 rings (SSSR count). The van der Waals surface area contributed by atoms with Crippen molar-refractivity contribution in [3.05, 3.63) is 58.7 Å². The highest BCUT2D eigenvalue weighted by Crippen LogP contribution is 2.40. The Labute approximate surface area is 198 Å². The molecule has 13 heteroatoms. The molecule has 1 aromatic carbocycles. The van der Waals surface area contributed by atoms with E-state index >= 15 is 0 Å². The molecule has 176 valence electrons. The largest absolute Gasteiger partial charge is 0.394 e. The van der Waals surface area contributed by atoms with E-state index in [9.17, 15) is 23.4 Å². The van der Waals surface area contributed by atoms with Crippen molar-refractivity contribution >= 4 is 27.7 Å². The number of aromatic nitrogens is 4. The highest BCUT2D eigenvalue weighted by molar-refractivity contribution is 9.10. The molecule has 1 fully saturated rings. The number of methoxy groups -OCH3 is 1. The number of thioether (sulfide) groups is 1. The first-order valence-electron chi connectivity index (χ1n) is 9.63. The van der Waals surface area contributed by atoms with Crippen molar-refractivity contribution in [2.45, 2.75) is 34.7 Å². The van der Waals surface area contributed by atoms with Gasteiger partial charge in [0.1, 0.15) is 35.5 Å². The van der Waals surface area contributed by atoms with Crippen LogP contribution in [0.15, 0.2) is 46.2 Å². The summed E-state index contributed by atoms with van der Waals surface area (Å²) in [5.74, 6) is -4.31. The first-order chi connectivity index (χ1) is 15.8. The third kappa shape index (κ3) is 4.93. The fraction of sp³-hybridized carbons (Fsp3) is 0.350. The van der Waals surface area contributed by atoms with Gasteiger partial charge in [0.05, 0.1) is 12.8 Å². The van der Waals surface area contributed by atoms with Crippen LogP contribution in [0.3, 0.4) is 0 Å². The van der Waals surface area contributed by atoms with Crippen molar-refractivity contribution in [2.75, 3.05) is 13.7 Å². The lowest BCUT2D eigenvalue weighted by molar-refractivity contribution is -0.186. The van der Waals surface area contributed by atoms with Crippen LogP contribution in [-0.2, 0) is 9.47 Å². The fourth-order valence-corrected chi connectivity index (χ4v) is 5.26. The summed E-state index contributed by atoms with van der Waals surface area (Å²) in [5.41, 5.74) is -0.648. The number of nitrogens with zero attached hydrogens (tertiary/aromatic N) is 4. The Bertz CT molecular complexity index is 1120. The van der Waals surface area contributed by atoms with E-state index in [0.717, 1.165) is 21.5 Å². The second kappa shape index (κ2) is 10.1. The van der Waals surface area contributed by atoms with Crippen molar-refractivity contribution in [3.63, 3.8) is 0 Å². The van der Waals surface area contributed by atoms with Crippen LogP contribution < -0.4 is 0 Å². The number of hydrogen-bond acceptors (Lipinski definition) is 8. The van der Waals surface area contributed by atoms with E-state index in [-0.39, 0.29) is 11.3 Å². The fourth-order valence-electron chi connectivity index (χ4n) is 3.56. The summed E-state index contributed by atoms with van der Waals surface area (Å²) in [6, 6.07) is 2.56. The van der Waals surface area contributed by atoms with Crippen molar-refractivity contribution in [2.24, 2.45) is 0 Å². The van der Waals surface area contributed by atoms with Gasteiger partial charge in [0.15, 0.2) is 17.5 Å². The van der Waals surface area contributed by atoms with Crippen LogP contribution in [0.25, 0.3) is 11.3 Å². The minimum atomic E-state index is -1.59. The molecule has 1 aliphatic heterocycles. The lowest BCUT2D eigenvalue weighted by Crippen LogP contribution is -2.55. The third-order valence-electron chi connectivity index (χ3n) is 5.12. The summed E-state index contributed by atoms with van der Waals surface area (Å²) < 4.78 is 54.2. The molecular weight excluding hydrogens is 529 g/mol. The summed E-state index contributed by atoms with van der Waals surface area (Å²) in [6.07, 6.45) is 1.64. The normalized spacial score (nSPS) is 25.4. The van der Waals surface area contributed by atoms with Gasteiger partial charge in [0.2, 0.25) is 0 Å². The maximum absolute atomic E-state index is 13.7. The third-order valence-corrected chi connectivity index (χ3v) is 6.66. The van der Waals surface area contributed by atoms with Gasteiger partial charge in [-0.1, -0.05) is 17.0 Å². The minimum Gasteiger partial charge on any atom is -0.394 e. The van der Waals surface area contributed by atoms with Crippen LogP contribution in [0.1, 0.15) is 6.04 Å². The van der Waals surface area contributed by atoms with Crippen molar-refractivity contribution in [3.8, 4) is 11.3 Å². The number of hydrogen-bond donors (Lipinski definition) is 2. The molecule has 0 aliphatic carbocycles. The second-order valence-electron chi connectivity index (χ2n) is 7.20. The molecule has 3 heterocycles. The average molecular weight is 547 g/mol. The Morgan fingerprint density at radius 3 is 2.58 bits per heavy atom. The molecule has 0 bridgehead atoms. The molecule has 2 aromatic heterocycles. The molecule has 3 aromatic rings. The number of benzene rings is 1. The lowest BCUT2D eigenvalue weighted by Gasteiger charge is -2.43. The van der Waals surface area contributed by atoms with Crippen LogP contribution >= 0.6 is 27.7 Å². The number of aliphatic hydroxyl groups excluding tert-OH is 2. The maximum Gasteiger partial charge on any atom is 0.194 e. The van der Waals surface area contributed by atoms with Gasteiger partial charge >= 0.3 is 0 Å². The van der Waals surface area contributed by atoms with Crippen molar-refractivity contribution in [1.29, 1.82) is 0 Å². The van der Waals surface area contributed by atoms with Crippen LogP contribution in [0.2, 0.25) is 0 Å². The lowest BCUT2D eigenvalue weighted by atomic mass is 9.97. The zero-order chi connectivity index (χ0) is 23.7. The van der Waals surface area contributed by atoms with Gasteiger partial charge in [0.25, 0.3) is 0 Å². The van der Waals surface area contributed by atoms with Crippen molar-refractivity contribution < 1.29 is 32.9 Å².